The number of carbonyl (C=O) groups excluding carboxylic acids is 1. The van der Waals surface area contributed by atoms with E-state index in [0.29, 0.717) is 5.92 Å². The number of H-pyrrole nitrogens is 1. The molecule has 1 fully saturated rings. The van der Waals surface area contributed by atoms with E-state index in [4.69, 9.17) is 0 Å². The molecule has 102 valence electrons. The minimum atomic E-state index is -0.282. The summed E-state index contributed by atoms with van der Waals surface area (Å²) in [6.07, 6.45) is 9.68. The molecule has 0 atom stereocenters. The highest BCUT2D eigenvalue weighted by atomic mass is 16.1. The lowest BCUT2D eigenvalue weighted by atomic mass is 9.88. The lowest BCUT2D eigenvalue weighted by molar-refractivity contribution is 0.104. The van der Waals surface area contributed by atoms with Gasteiger partial charge in [0, 0.05) is 5.69 Å². The molecule has 1 N–H and O–H groups in total. The molecule has 3 heteroatoms. The van der Waals surface area contributed by atoms with E-state index in [1.54, 1.807) is 6.08 Å². The van der Waals surface area contributed by atoms with Crippen molar-refractivity contribution in [3.63, 3.8) is 0 Å². The van der Waals surface area contributed by atoms with Crippen LogP contribution in [0.4, 0.5) is 0 Å². The Bertz CT molecular complexity index is 548. The van der Waals surface area contributed by atoms with Crippen molar-refractivity contribution in [2.24, 2.45) is 5.92 Å². The fourth-order valence-electron chi connectivity index (χ4n) is 2.79. The van der Waals surface area contributed by atoms with Crippen LogP contribution in [0.5, 0.6) is 0 Å². The van der Waals surface area contributed by atoms with Gasteiger partial charge in [0.1, 0.15) is 0 Å². The number of carbonyl (C=O) groups is 1. The molecule has 1 aromatic rings. The third-order valence-corrected chi connectivity index (χ3v) is 3.78. The number of hydrogen-bond acceptors (Lipinski definition) is 2. The summed E-state index contributed by atoms with van der Waals surface area (Å²) >= 11 is 0. The van der Waals surface area contributed by atoms with Crippen LogP contribution in [0.25, 0.3) is 0 Å². The second kappa shape index (κ2) is 6.00. The van der Waals surface area contributed by atoms with Gasteiger partial charge in [0.05, 0.1) is 5.56 Å². The first-order valence-electron chi connectivity index (χ1n) is 7.01. The average molecular weight is 259 g/mol. The number of aromatic amines is 1. The first-order valence-corrected chi connectivity index (χ1v) is 7.01. The Hall–Kier alpha value is -1.64. The molecule has 0 aliphatic heterocycles. The predicted octanol–water partition coefficient (Wildman–Crippen LogP) is 3.31. The summed E-state index contributed by atoms with van der Waals surface area (Å²) in [5.74, 6) is 0.326. The SMILES string of the molecule is Cc1cc(C)c(C(=O)/C=C/C2CCCCC2)c(=O)[nH]1. The molecule has 0 radical (unpaired) electrons. The van der Waals surface area contributed by atoms with Crippen molar-refractivity contribution in [2.75, 3.05) is 0 Å². The normalized spacial score (nSPS) is 16.9. The fraction of sp³-hybridized carbons (Fsp3) is 0.500. The van der Waals surface area contributed by atoms with Crippen molar-refractivity contribution in [1.29, 1.82) is 0 Å². The van der Waals surface area contributed by atoms with Crippen LogP contribution in [0.15, 0.2) is 23.0 Å². The van der Waals surface area contributed by atoms with E-state index in [1.807, 2.05) is 26.0 Å². The molecule has 0 saturated heterocycles. The van der Waals surface area contributed by atoms with E-state index in [9.17, 15) is 9.59 Å². The van der Waals surface area contributed by atoms with E-state index >= 15 is 0 Å². The third kappa shape index (κ3) is 3.43. The zero-order valence-corrected chi connectivity index (χ0v) is 11.7. The minimum Gasteiger partial charge on any atom is -0.326 e. The van der Waals surface area contributed by atoms with Gasteiger partial charge in [-0.2, -0.15) is 0 Å². The average Bonchev–Trinajstić information content (AvgIpc) is 2.36. The molecule has 19 heavy (non-hydrogen) atoms. The smallest absolute Gasteiger partial charge is 0.259 e. The van der Waals surface area contributed by atoms with Gasteiger partial charge in [-0.05, 0) is 50.3 Å². The molecular weight excluding hydrogens is 238 g/mol. The van der Waals surface area contributed by atoms with Crippen molar-refractivity contribution >= 4 is 5.78 Å². The molecule has 1 aliphatic rings. The molecule has 1 aromatic heterocycles. The van der Waals surface area contributed by atoms with Gasteiger partial charge in [-0.25, -0.2) is 0 Å². The molecule has 1 saturated carbocycles. The summed E-state index contributed by atoms with van der Waals surface area (Å²) in [7, 11) is 0. The van der Waals surface area contributed by atoms with Crippen molar-refractivity contribution in [3.05, 3.63) is 45.4 Å². The minimum absolute atomic E-state index is 0.177. The van der Waals surface area contributed by atoms with Crippen LogP contribution in [0.3, 0.4) is 0 Å². The van der Waals surface area contributed by atoms with Crippen molar-refractivity contribution in [2.45, 2.75) is 46.0 Å². The molecule has 0 spiro atoms. The Morgan fingerprint density at radius 1 is 1.26 bits per heavy atom. The summed E-state index contributed by atoms with van der Waals surface area (Å²) < 4.78 is 0. The summed E-state index contributed by atoms with van der Waals surface area (Å²) in [6, 6.07) is 1.84. The zero-order valence-electron chi connectivity index (χ0n) is 11.7. The highest BCUT2D eigenvalue weighted by Crippen LogP contribution is 2.24. The Labute approximate surface area is 113 Å². The first kappa shape index (κ1) is 13.8. The van der Waals surface area contributed by atoms with E-state index in [2.05, 4.69) is 4.98 Å². The monoisotopic (exact) mass is 259 g/mol. The van der Waals surface area contributed by atoms with Gasteiger partial charge in [0.2, 0.25) is 0 Å². The van der Waals surface area contributed by atoms with Gasteiger partial charge in [-0.15, -0.1) is 0 Å². The van der Waals surface area contributed by atoms with Crippen LogP contribution in [0, 0.1) is 19.8 Å². The zero-order chi connectivity index (χ0) is 13.8. The Morgan fingerprint density at radius 2 is 1.95 bits per heavy atom. The molecule has 0 bridgehead atoms. The standard InChI is InChI=1S/C16H21NO2/c1-11-10-12(2)17-16(19)15(11)14(18)9-8-13-6-4-3-5-7-13/h8-10,13H,3-7H2,1-2H3,(H,17,19)/b9-8+. The Kier molecular flexibility index (Phi) is 4.35. The lowest BCUT2D eigenvalue weighted by Gasteiger charge is -2.17. The molecule has 0 amide bonds. The Morgan fingerprint density at radius 3 is 2.58 bits per heavy atom. The maximum absolute atomic E-state index is 12.1. The molecule has 1 aliphatic carbocycles. The molecular formula is C16H21NO2. The van der Waals surface area contributed by atoms with E-state index in [0.717, 1.165) is 24.1 Å². The van der Waals surface area contributed by atoms with Crippen LogP contribution in [-0.4, -0.2) is 10.8 Å². The molecule has 0 aromatic carbocycles. The van der Waals surface area contributed by atoms with Crippen molar-refractivity contribution in [3.8, 4) is 0 Å². The van der Waals surface area contributed by atoms with Crippen LogP contribution in [0.1, 0.15) is 53.7 Å². The number of pyridine rings is 1. The van der Waals surface area contributed by atoms with Gasteiger partial charge in [0.25, 0.3) is 5.56 Å². The number of aryl methyl sites for hydroxylation is 2. The summed E-state index contributed by atoms with van der Waals surface area (Å²) in [5.41, 5.74) is 1.53. The summed E-state index contributed by atoms with van der Waals surface area (Å²) in [4.78, 5) is 26.7. The predicted molar refractivity (Wildman–Crippen MR) is 76.6 cm³/mol. The van der Waals surface area contributed by atoms with Crippen molar-refractivity contribution in [1.82, 2.24) is 4.98 Å². The van der Waals surface area contributed by atoms with Gasteiger partial charge in [0.15, 0.2) is 5.78 Å². The van der Waals surface area contributed by atoms with E-state index < -0.39 is 0 Å². The first-order chi connectivity index (χ1) is 9.08. The number of aromatic nitrogens is 1. The molecule has 1 heterocycles. The Balaban J connectivity index is 2.16. The number of allylic oxidation sites excluding steroid dienone is 2. The van der Waals surface area contributed by atoms with Crippen LogP contribution < -0.4 is 5.56 Å². The second-order valence-corrected chi connectivity index (χ2v) is 5.46. The van der Waals surface area contributed by atoms with Gasteiger partial charge in [-0.1, -0.05) is 25.3 Å². The largest absolute Gasteiger partial charge is 0.326 e. The number of nitrogens with one attached hydrogen (secondary N) is 1. The van der Waals surface area contributed by atoms with Gasteiger partial charge < -0.3 is 4.98 Å². The topological polar surface area (TPSA) is 49.9 Å². The van der Waals surface area contributed by atoms with Crippen LogP contribution in [-0.2, 0) is 0 Å². The van der Waals surface area contributed by atoms with Crippen molar-refractivity contribution < 1.29 is 4.79 Å². The number of hydrogen-bond donors (Lipinski definition) is 1. The highest BCUT2D eigenvalue weighted by molar-refractivity contribution is 6.05. The third-order valence-electron chi connectivity index (χ3n) is 3.78. The van der Waals surface area contributed by atoms with Crippen LogP contribution in [0.2, 0.25) is 0 Å². The number of ketones is 1. The maximum atomic E-state index is 12.1. The maximum Gasteiger partial charge on any atom is 0.259 e. The fourth-order valence-corrected chi connectivity index (χ4v) is 2.79. The quantitative estimate of drug-likeness (QED) is 0.668. The second-order valence-electron chi connectivity index (χ2n) is 5.46. The summed E-state index contributed by atoms with van der Waals surface area (Å²) in [6.45, 7) is 3.63. The summed E-state index contributed by atoms with van der Waals surface area (Å²) in [5, 5.41) is 0. The molecule has 2 rings (SSSR count). The molecule has 0 unspecified atom stereocenters. The lowest BCUT2D eigenvalue weighted by Crippen LogP contribution is -2.19. The van der Waals surface area contributed by atoms with E-state index in [1.165, 1.54) is 19.3 Å². The molecule has 3 nitrogen and oxygen atoms in total. The van der Waals surface area contributed by atoms with E-state index in [-0.39, 0.29) is 16.9 Å². The van der Waals surface area contributed by atoms with Gasteiger partial charge >= 0.3 is 0 Å². The number of rotatable bonds is 3. The van der Waals surface area contributed by atoms with Gasteiger partial charge in [-0.3, -0.25) is 9.59 Å². The van der Waals surface area contributed by atoms with Crippen LogP contribution >= 0.6 is 0 Å². The highest BCUT2D eigenvalue weighted by Gasteiger charge is 2.14.